The van der Waals surface area contributed by atoms with Crippen LogP contribution in [0.5, 0.6) is 5.75 Å². The van der Waals surface area contributed by atoms with Crippen LogP contribution >= 0.6 is 0 Å². The van der Waals surface area contributed by atoms with Gasteiger partial charge in [0.05, 0.1) is 7.11 Å². The van der Waals surface area contributed by atoms with Crippen LogP contribution in [0, 0.1) is 0 Å². The van der Waals surface area contributed by atoms with Gasteiger partial charge in [-0.15, -0.1) is 0 Å². The third-order valence-electron chi connectivity index (χ3n) is 6.16. The van der Waals surface area contributed by atoms with Gasteiger partial charge in [-0.3, -0.25) is 9.59 Å². The first kappa shape index (κ1) is 22.7. The molecule has 0 aromatic heterocycles. The van der Waals surface area contributed by atoms with Crippen LogP contribution in [0.3, 0.4) is 0 Å². The zero-order valence-electron chi connectivity index (χ0n) is 19.2. The minimum Gasteiger partial charge on any atom is -0.497 e. The molecule has 0 spiro atoms. The van der Waals surface area contributed by atoms with Gasteiger partial charge >= 0.3 is 0 Å². The molecule has 0 saturated carbocycles. The third kappa shape index (κ3) is 4.16. The quantitative estimate of drug-likeness (QED) is 0.248. The molecular weight excluding hydrogens is 440 g/mol. The van der Waals surface area contributed by atoms with E-state index in [0.717, 1.165) is 5.56 Å². The Balaban J connectivity index is 1.71. The van der Waals surface area contributed by atoms with Crippen molar-refractivity contribution in [3.8, 4) is 5.75 Å². The molecule has 0 bridgehead atoms. The fourth-order valence-corrected chi connectivity index (χ4v) is 4.38. The molecule has 35 heavy (non-hydrogen) atoms. The van der Waals surface area contributed by atoms with Crippen molar-refractivity contribution in [2.75, 3.05) is 7.11 Å². The van der Waals surface area contributed by atoms with Gasteiger partial charge in [0.1, 0.15) is 11.9 Å². The van der Waals surface area contributed by atoms with E-state index in [2.05, 4.69) is 0 Å². The number of ether oxygens (including phenoxy) is 3. The van der Waals surface area contributed by atoms with Crippen LogP contribution in [0.15, 0.2) is 115 Å². The van der Waals surface area contributed by atoms with Crippen molar-refractivity contribution in [1.29, 1.82) is 0 Å². The average molecular weight is 465 g/mol. The van der Waals surface area contributed by atoms with Gasteiger partial charge in [0.15, 0.2) is 6.29 Å². The molecule has 1 aliphatic heterocycles. The van der Waals surface area contributed by atoms with Crippen LogP contribution < -0.4 is 4.74 Å². The molecule has 0 amide bonds. The summed E-state index contributed by atoms with van der Waals surface area (Å²) in [6, 6.07) is 33.9. The summed E-state index contributed by atoms with van der Waals surface area (Å²) in [6.07, 6.45) is -1.90. The maximum atomic E-state index is 14.2. The number of rotatable bonds is 7. The number of methoxy groups -OCH3 is 1. The summed E-state index contributed by atoms with van der Waals surface area (Å²) < 4.78 is 18.1. The Labute approximate surface area is 203 Å². The van der Waals surface area contributed by atoms with Gasteiger partial charge in [-0.1, -0.05) is 103 Å². The Morgan fingerprint density at radius 3 is 1.63 bits per heavy atom. The van der Waals surface area contributed by atoms with Crippen LogP contribution in [0.1, 0.15) is 44.2 Å². The van der Waals surface area contributed by atoms with E-state index in [9.17, 15) is 9.59 Å². The predicted molar refractivity (Wildman–Crippen MR) is 131 cm³/mol. The molecule has 0 unspecified atom stereocenters. The highest BCUT2D eigenvalue weighted by Crippen LogP contribution is 2.50. The Kier molecular flexibility index (Phi) is 6.27. The van der Waals surface area contributed by atoms with Crippen LogP contribution in [-0.4, -0.2) is 24.3 Å². The van der Waals surface area contributed by atoms with E-state index >= 15 is 0 Å². The number of hydrogen-bond donors (Lipinski definition) is 0. The van der Waals surface area contributed by atoms with Gasteiger partial charge in [-0.2, -0.15) is 0 Å². The van der Waals surface area contributed by atoms with Crippen LogP contribution in [0.2, 0.25) is 0 Å². The molecular formula is C30H24O5. The maximum Gasteiger partial charge on any atom is 0.226 e. The van der Waals surface area contributed by atoms with Crippen molar-refractivity contribution in [2.45, 2.75) is 18.0 Å². The van der Waals surface area contributed by atoms with Crippen LogP contribution in [0.25, 0.3) is 0 Å². The Bertz CT molecular complexity index is 1250. The van der Waals surface area contributed by atoms with Gasteiger partial charge in [-0.25, -0.2) is 0 Å². The molecule has 4 aromatic rings. The fourth-order valence-electron chi connectivity index (χ4n) is 4.38. The monoisotopic (exact) mass is 464 g/mol. The summed E-state index contributed by atoms with van der Waals surface area (Å²) in [4.78, 5) is 28.4. The lowest BCUT2D eigenvalue weighted by Gasteiger charge is -2.30. The van der Waals surface area contributed by atoms with Gasteiger partial charge in [0, 0.05) is 16.7 Å². The summed E-state index contributed by atoms with van der Waals surface area (Å²) in [7, 11) is 1.58. The number of Topliss-reactive ketones (excluding diaryl/α,β-unsaturated/α-hetero) is 2. The van der Waals surface area contributed by atoms with E-state index in [4.69, 9.17) is 14.2 Å². The molecule has 0 aliphatic carbocycles. The summed E-state index contributed by atoms with van der Waals surface area (Å²) in [5, 5.41) is 0. The zero-order valence-corrected chi connectivity index (χ0v) is 19.2. The zero-order chi connectivity index (χ0) is 24.3. The summed E-state index contributed by atoms with van der Waals surface area (Å²) in [6.45, 7) is 0. The molecule has 174 valence electrons. The van der Waals surface area contributed by atoms with Gasteiger partial charge in [0.2, 0.25) is 17.2 Å². The molecule has 5 heteroatoms. The molecule has 5 nitrogen and oxygen atoms in total. The molecule has 0 N–H and O–H groups in total. The highest BCUT2D eigenvalue weighted by atomic mass is 16.7. The van der Waals surface area contributed by atoms with E-state index in [1.54, 1.807) is 79.9 Å². The molecule has 1 heterocycles. The molecule has 5 rings (SSSR count). The van der Waals surface area contributed by atoms with E-state index in [-0.39, 0.29) is 0 Å². The molecule has 1 aliphatic rings. The van der Waals surface area contributed by atoms with Crippen LogP contribution in [-0.2, 0) is 9.47 Å². The first-order valence-electron chi connectivity index (χ1n) is 11.4. The minimum atomic E-state index is -1.93. The number of hydrogen-bond acceptors (Lipinski definition) is 5. The normalized spacial score (nSPS) is 18.7. The van der Waals surface area contributed by atoms with E-state index < -0.39 is 29.6 Å². The lowest BCUT2D eigenvalue weighted by Crippen LogP contribution is -2.50. The second-order valence-corrected chi connectivity index (χ2v) is 8.28. The van der Waals surface area contributed by atoms with Gasteiger partial charge in [0.25, 0.3) is 0 Å². The van der Waals surface area contributed by atoms with Crippen molar-refractivity contribution < 1.29 is 23.8 Å². The molecule has 1 saturated heterocycles. The molecule has 4 aromatic carbocycles. The molecule has 1 fully saturated rings. The Hall–Kier alpha value is -4.06. The summed E-state index contributed by atoms with van der Waals surface area (Å²) in [5.74, 6) is -0.251. The summed E-state index contributed by atoms with van der Waals surface area (Å²) in [5.41, 5.74) is 0.158. The first-order valence-corrected chi connectivity index (χ1v) is 11.4. The number of carbonyl (C=O) groups excluding carboxylic acids is 2. The van der Waals surface area contributed by atoms with Crippen molar-refractivity contribution in [1.82, 2.24) is 0 Å². The van der Waals surface area contributed by atoms with E-state index in [1.807, 2.05) is 42.5 Å². The van der Waals surface area contributed by atoms with E-state index in [1.165, 1.54) is 0 Å². The van der Waals surface area contributed by atoms with Crippen molar-refractivity contribution >= 4 is 11.6 Å². The van der Waals surface area contributed by atoms with Crippen molar-refractivity contribution in [3.05, 3.63) is 138 Å². The second kappa shape index (κ2) is 9.66. The van der Waals surface area contributed by atoms with Crippen molar-refractivity contribution in [2.24, 2.45) is 0 Å². The second-order valence-electron chi connectivity index (χ2n) is 8.28. The maximum absolute atomic E-state index is 14.2. The summed E-state index contributed by atoms with van der Waals surface area (Å²) >= 11 is 0. The first-order chi connectivity index (χ1) is 17.1. The third-order valence-corrected chi connectivity index (χ3v) is 6.16. The lowest BCUT2D eigenvalue weighted by molar-refractivity contribution is -0.0768. The topological polar surface area (TPSA) is 61.8 Å². The van der Waals surface area contributed by atoms with Gasteiger partial charge in [-0.05, 0) is 17.7 Å². The lowest BCUT2D eigenvalue weighted by atomic mass is 9.78. The largest absolute Gasteiger partial charge is 0.497 e. The van der Waals surface area contributed by atoms with Crippen molar-refractivity contribution in [3.63, 3.8) is 0 Å². The Morgan fingerprint density at radius 1 is 0.657 bits per heavy atom. The average Bonchev–Trinajstić information content (AvgIpc) is 3.35. The SMILES string of the molecule is COc1ccc([C@H]2O[C@@H](c3ccccc3)OC2(C(=O)c2ccccc2)C(=O)c2ccccc2)cc1. The number of ketones is 2. The Morgan fingerprint density at radius 2 is 1.14 bits per heavy atom. The predicted octanol–water partition coefficient (Wildman–Crippen LogP) is 5.99. The number of carbonyl (C=O) groups is 2. The smallest absolute Gasteiger partial charge is 0.226 e. The highest BCUT2D eigenvalue weighted by Gasteiger charge is 2.61. The molecule has 2 atom stereocenters. The molecule has 0 radical (unpaired) electrons. The standard InChI is InChI=1S/C30H24O5/c1-33-25-19-17-23(18-20-25)28-30(26(31)21-11-5-2-6-12-21,27(32)22-13-7-3-8-14-22)35-29(34-28)24-15-9-4-10-16-24/h2-20,28-29H,1H3/t28-,29-/m1/s1. The van der Waals surface area contributed by atoms with E-state index in [0.29, 0.717) is 22.4 Å². The van der Waals surface area contributed by atoms with Gasteiger partial charge < -0.3 is 14.2 Å². The highest BCUT2D eigenvalue weighted by molar-refractivity contribution is 6.23. The number of benzene rings is 4. The minimum absolute atomic E-state index is 0.368. The van der Waals surface area contributed by atoms with Crippen LogP contribution in [0.4, 0.5) is 0 Å². The fraction of sp³-hybridized carbons (Fsp3) is 0.133.